The van der Waals surface area contributed by atoms with Gasteiger partial charge in [-0.3, -0.25) is 4.79 Å². The minimum atomic E-state index is -3.70. The van der Waals surface area contributed by atoms with Gasteiger partial charge in [-0.1, -0.05) is 18.7 Å². The molecule has 0 unspecified atom stereocenters. The molecule has 1 aromatic rings. The van der Waals surface area contributed by atoms with Crippen LogP contribution in [0.2, 0.25) is 0 Å². The second-order valence-corrected chi connectivity index (χ2v) is 4.47. The molecule has 0 spiro atoms. The predicted molar refractivity (Wildman–Crippen MR) is 50.5 cm³/mol. The van der Waals surface area contributed by atoms with Gasteiger partial charge in [-0.15, -0.1) is 0 Å². The van der Waals surface area contributed by atoms with Crippen molar-refractivity contribution in [1.29, 1.82) is 0 Å². The van der Waals surface area contributed by atoms with E-state index in [0.29, 0.717) is 11.5 Å². The fourth-order valence-corrected chi connectivity index (χ4v) is 2.34. The fourth-order valence-electron chi connectivity index (χ4n) is 1.08. The van der Waals surface area contributed by atoms with Crippen molar-refractivity contribution >= 4 is 13.1 Å². The number of allylic oxidation sites excluding steroid dienone is 1. The summed E-state index contributed by atoms with van der Waals surface area (Å²) in [6, 6.07) is 6.59. The maximum absolute atomic E-state index is 11.7. The average Bonchev–Trinajstić information content (AvgIpc) is 2.54. The second-order valence-electron chi connectivity index (χ2n) is 2.67. The highest BCUT2D eigenvalue weighted by Crippen LogP contribution is 2.58. The largest absolute Gasteiger partial charge is 0.502 e. The molecule has 1 aromatic carbocycles. The zero-order valence-corrected chi connectivity index (χ0v) is 8.07. The molecule has 5 heteroatoms. The van der Waals surface area contributed by atoms with Crippen LogP contribution in [0.5, 0.6) is 11.5 Å². The number of rotatable bonds is 2. The standard InChI is InChI=1S/C9H7O4P/c1-2-9(10)14(11)12-7-5-3-4-6-8(7)13-14/h2-6H,1H2. The van der Waals surface area contributed by atoms with Gasteiger partial charge in [-0.2, -0.15) is 0 Å². The minimum Gasteiger partial charge on any atom is -0.407 e. The molecule has 4 nitrogen and oxygen atoms in total. The Kier molecular flexibility index (Phi) is 1.93. The molecule has 0 N–H and O–H groups in total. The number of para-hydroxylation sites is 2. The third kappa shape index (κ3) is 1.24. The summed E-state index contributed by atoms with van der Waals surface area (Å²) in [5.74, 6) is 0.650. The minimum absolute atomic E-state index is 0.325. The fraction of sp³-hybridized carbons (Fsp3) is 0. The first-order valence-corrected chi connectivity index (χ1v) is 5.45. The molecular formula is C9H7O4P. The average molecular weight is 210 g/mol. The third-order valence-electron chi connectivity index (χ3n) is 1.73. The topological polar surface area (TPSA) is 52.6 Å². The molecule has 1 aliphatic rings. The van der Waals surface area contributed by atoms with Crippen LogP contribution in [0.3, 0.4) is 0 Å². The van der Waals surface area contributed by atoms with E-state index < -0.39 is 13.1 Å². The van der Waals surface area contributed by atoms with Gasteiger partial charge in [0.25, 0.3) is 5.52 Å². The summed E-state index contributed by atoms with van der Waals surface area (Å²) in [4.78, 5) is 11.2. The Morgan fingerprint density at radius 3 is 2.21 bits per heavy atom. The number of carbonyl (C=O) groups excluding carboxylic acids is 1. The molecule has 1 aliphatic heterocycles. The molecule has 0 saturated carbocycles. The van der Waals surface area contributed by atoms with Crippen LogP contribution in [0.15, 0.2) is 36.9 Å². The van der Waals surface area contributed by atoms with Gasteiger partial charge in [0.05, 0.1) is 0 Å². The molecule has 14 heavy (non-hydrogen) atoms. The van der Waals surface area contributed by atoms with Crippen molar-refractivity contribution < 1.29 is 18.4 Å². The number of benzene rings is 1. The summed E-state index contributed by atoms with van der Waals surface area (Å²) in [7, 11) is -3.70. The molecule has 0 bridgehead atoms. The van der Waals surface area contributed by atoms with E-state index in [2.05, 4.69) is 6.58 Å². The lowest BCUT2D eigenvalue weighted by Gasteiger charge is -2.04. The van der Waals surface area contributed by atoms with Crippen molar-refractivity contribution in [1.82, 2.24) is 0 Å². The van der Waals surface area contributed by atoms with Crippen LogP contribution in [0.25, 0.3) is 0 Å². The Bertz CT molecular complexity index is 423. The molecule has 0 radical (unpaired) electrons. The summed E-state index contributed by atoms with van der Waals surface area (Å²) in [6.45, 7) is 3.23. The monoisotopic (exact) mass is 210 g/mol. The summed E-state index contributed by atoms with van der Waals surface area (Å²) >= 11 is 0. The first-order chi connectivity index (χ1) is 6.65. The Labute approximate surface area is 80.7 Å². The van der Waals surface area contributed by atoms with Crippen LogP contribution in [0.1, 0.15) is 0 Å². The van der Waals surface area contributed by atoms with E-state index in [0.717, 1.165) is 6.08 Å². The highest BCUT2D eigenvalue weighted by molar-refractivity contribution is 7.73. The second kappa shape index (κ2) is 3.00. The van der Waals surface area contributed by atoms with Crippen molar-refractivity contribution in [2.24, 2.45) is 0 Å². The van der Waals surface area contributed by atoms with E-state index in [9.17, 15) is 9.36 Å². The van der Waals surface area contributed by atoms with E-state index in [-0.39, 0.29) is 0 Å². The third-order valence-corrected chi connectivity index (χ3v) is 3.33. The van der Waals surface area contributed by atoms with Crippen molar-refractivity contribution in [2.75, 3.05) is 0 Å². The SMILES string of the molecule is C=CC(=O)P1(=O)Oc2ccccc2O1. The zero-order chi connectivity index (χ0) is 10.2. The van der Waals surface area contributed by atoms with Crippen LogP contribution >= 0.6 is 7.60 Å². The first-order valence-electron chi connectivity index (χ1n) is 3.91. The van der Waals surface area contributed by atoms with E-state index in [1.807, 2.05) is 0 Å². The maximum Gasteiger partial charge on any atom is 0.502 e. The van der Waals surface area contributed by atoms with Gasteiger partial charge in [-0.25, -0.2) is 4.57 Å². The molecule has 72 valence electrons. The summed E-state index contributed by atoms with van der Waals surface area (Å²) in [5, 5.41) is 0. The van der Waals surface area contributed by atoms with Crippen molar-refractivity contribution in [2.45, 2.75) is 0 Å². The number of hydrogen-bond acceptors (Lipinski definition) is 4. The zero-order valence-electron chi connectivity index (χ0n) is 7.17. The number of hydrogen-bond donors (Lipinski definition) is 0. The number of fused-ring (bicyclic) bond motifs is 1. The molecule has 2 rings (SSSR count). The van der Waals surface area contributed by atoms with Crippen molar-refractivity contribution in [3.63, 3.8) is 0 Å². The van der Waals surface area contributed by atoms with Crippen LogP contribution in [-0.2, 0) is 9.36 Å². The van der Waals surface area contributed by atoms with E-state index in [1.165, 1.54) is 0 Å². The van der Waals surface area contributed by atoms with Crippen LogP contribution in [-0.4, -0.2) is 5.52 Å². The van der Waals surface area contributed by atoms with Gasteiger partial charge in [0.15, 0.2) is 11.5 Å². The summed E-state index contributed by atoms with van der Waals surface area (Å²) in [5.41, 5.74) is -0.728. The first kappa shape index (κ1) is 9.03. The van der Waals surface area contributed by atoms with Crippen LogP contribution in [0, 0.1) is 0 Å². The van der Waals surface area contributed by atoms with E-state index >= 15 is 0 Å². The highest BCUT2D eigenvalue weighted by atomic mass is 31.2. The Morgan fingerprint density at radius 2 is 1.79 bits per heavy atom. The van der Waals surface area contributed by atoms with Crippen molar-refractivity contribution in [3.8, 4) is 11.5 Å². The highest BCUT2D eigenvalue weighted by Gasteiger charge is 2.42. The molecule has 1 heterocycles. The molecule has 0 saturated heterocycles. The molecule has 0 aliphatic carbocycles. The maximum atomic E-state index is 11.7. The van der Waals surface area contributed by atoms with Gasteiger partial charge in [0.2, 0.25) is 0 Å². The number of carbonyl (C=O) groups is 1. The summed E-state index contributed by atoms with van der Waals surface area (Å²) < 4.78 is 21.7. The molecule has 0 aromatic heterocycles. The molecule has 0 amide bonds. The Hall–Kier alpha value is -1.54. The van der Waals surface area contributed by atoms with Gasteiger partial charge < -0.3 is 9.05 Å². The molecule has 0 fully saturated rings. The smallest absolute Gasteiger partial charge is 0.407 e. The van der Waals surface area contributed by atoms with E-state index in [4.69, 9.17) is 9.05 Å². The predicted octanol–water partition coefficient (Wildman–Crippen LogP) is 2.36. The molecule has 0 atom stereocenters. The van der Waals surface area contributed by atoms with Crippen LogP contribution in [0.4, 0.5) is 0 Å². The van der Waals surface area contributed by atoms with E-state index in [1.54, 1.807) is 24.3 Å². The van der Waals surface area contributed by atoms with Crippen molar-refractivity contribution in [3.05, 3.63) is 36.9 Å². The molecular weight excluding hydrogens is 203 g/mol. The quantitative estimate of drug-likeness (QED) is 0.555. The lowest BCUT2D eigenvalue weighted by atomic mass is 10.3. The van der Waals surface area contributed by atoms with Gasteiger partial charge in [-0.05, 0) is 18.2 Å². The summed E-state index contributed by atoms with van der Waals surface area (Å²) in [6.07, 6.45) is 0.937. The van der Waals surface area contributed by atoms with Crippen LogP contribution < -0.4 is 9.05 Å². The normalized spacial score (nSPS) is 16.3. The lowest BCUT2D eigenvalue weighted by molar-refractivity contribution is -0.109. The van der Waals surface area contributed by atoms with Gasteiger partial charge in [0, 0.05) is 0 Å². The van der Waals surface area contributed by atoms with Gasteiger partial charge >= 0.3 is 7.60 Å². The Balaban J connectivity index is 2.40. The lowest BCUT2D eigenvalue weighted by Crippen LogP contribution is -2.02. The Morgan fingerprint density at radius 1 is 1.29 bits per heavy atom. The van der Waals surface area contributed by atoms with Gasteiger partial charge in [0.1, 0.15) is 0 Å².